The summed E-state index contributed by atoms with van der Waals surface area (Å²) >= 11 is 0. The van der Waals surface area contributed by atoms with Gasteiger partial charge in [-0.25, -0.2) is 14.1 Å². The second-order valence-electron chi connectivity index (χ2n) is 9.00. The number of piperazine rings is 1. The molecule has 1 saturated heterocycles. The van der Waals surface area contributed by atoms with E-state index >= 15 is 0 Å². The van der Waals surface area contributed by atoms with Crippen LogP contribution >= 0.6 is 0 Å². The fraction of sp³-hybridized carbons (Fsp3) is 0.346. The van der Waals surface area contributed by atoms with Crippen molar-refractivity contribution >= 4 is 23.1 Å². The number of halogens is 1. The molecule has 35 heavy (non-hydrogen) atoms. The lowest BCUT2D eigenvalue weighted by atomic mass is 9.86. The first-order valence-electron chi connectivity index (χ1n) is 11.9. The van der Waals surface area contributed by atoms with Crippen LogP contribution in [0.15, 0.2) is 59.7 Å². The van der Waals surface area contributed by atoms with Crippen LogP contribution < -0.4 is 14.4 Å². The van der Waals surface area contributed by atoms with Gasteiger partial charge < -0.3 is 19.3 Å². The Morgan fingerprint density at radius 2 is 1.71 bits per heavy atom. The highest BCUT2D eigenvalue weighted by molar-refractivity contribution is 6.05. The van der Waals surface area contributed by atoms with E-state index in [0.29, 0.717) is 50.9 Å². The summed E-state index contributed by atoms with van der Waals surface area (Å²) in [6.07, 6.45) is 1.71. The van der Waals surface area contributed by atoms with Crippen LogP contribution in [0.5, 0.6) is 11.5 Å². The third kappa shape index (κ3) is 3.90. The fourth-order valence-corrected chi connectivity index (χ4v) is 5.16. The Labute approximate surface area is 202 Å². The molecule has 0 bridgehead atoms. The van der Waals surface area contributed by atoms with E-state index in [1.165, 1.54) is 12.1 Å². The molecule has 2 atom stereocenters. The normalized spacial score (nSPS) is 21.4. The van der Waals surface area contributed by atoms with E-state index in [1.807, 2.05) is 40.8 Å². The maximum atomic E-state index is 13.9. The third-order valence-corrected chi connectivity index (χ3v) is 6.93. The second-order valence-corrected chi connectivity index (χ2v) is 9.00. The highest BCUT2D eigenvalue weighted by Crippen LogP contribution is 2.40. The highest BCUT2D eigenvalue weighted by atomic mass is 19.1. The van der Waals surface area contributed by atoms with Crippen molar-refractivity contribution in [3.63, 3.8) is 0 Å². The number of hydrogen-bond acceptors (Lipinski definition) is 6. The van der Waals surface area contributed by atoms with Gasteiger partial charge in [-0.15, -0.1) is 0 Å². The van der Waals surface area contributed by atoms with Gasteiger partial charge in [0.1, 0.15) is 24.9 Å². The number of benzene rings is 2. The molecular weight excluding hydrogens is 449 g/mol. The Hall–Kier alpha value is -3.88. The summed E-state index contributed by atoms with van der Waals surface area (Å²) < 4.78 is 26.6. The highest BCUT2D eigenvalue weighted by Gasteiger charge is 2.41. The van der Waals surface area contributed by atoms with Gasteiger partial charge in [0, 0.05) is 43.6 Å². The topological polar surface area (TPSA) is 72.2 Å². The van der Waals surface area contributed by atoms with Gasteiger partial charge in [0.25, 0.3) is 0 Å². The van der Waals surface area contributed by atoms with Crippen LogP contribution in [0.2, 0.25) is 0 Å². The molecule has 3 aliphatic rings. The van der Waals surface area contributed by atoms with Crippen molar-refractivity contribution in [3.8, 4) is 11.5 Å². The Bertz CT molecular complexity index is 1280. The number of carbonyl (C=O) groups is 1. The number of aromatic nitrogens is 2. The molecule has 3 aromatic rings. The number of hydrogen-bond donors (Lipinski definition) is 0. The predicted octanol–water partition coefficient (Wildman–Crippen LogP) is 3.45. The fourth-order valence-electron chi connectivity index (χ4n) is 5.16. The zero-order valence-electron chi connectivity index (χ0n) is 19.4. The largest absolute Gasteiger partial charge is 0.486 e. The molecule has 0 saturated carbocycles. The van der Waals surface area contributed by atoms with Crippen LogP contribution in [-0.2, 0) is 4.79 Å². The lowest BCUT2D eigenvalue weighted by molar-refractivity contribution is -0.134. The minimum Gasteiger partial charge on any atom is -0.486 e. The lowest BCUT2D eigenvalue weighted by Crippen LogP contribution is -2.53. The van der Waals surface area contributed by atoms with Crippen molar-refractivity contribution in [1.29, 1.82) is 0 Å². The monoisotopic (exact) mass is 475 g/mol. The maximum Gasteiger partial charge on any atom is 0.234 e. The molecule has 0 radical (unpaired) electrons. The average Bonchev–Trinajstić information content (AvgIpc) is 3.36. The summed E-state index contributed by atoms with van der Waals surface area (Å²) in [6.45, 7) is 5.47. The smallest absolute Gasteiger partial charge is 0.234 e. The number of nitrogens with zero attached hydrogens (tertiary/aromatic N) is 5. The quantitative estimate of drug-likeness (QED) is 0.580. The van der Waals surface area contributed by atoms with Crippen LogP contribution in [0.1, 0.15) is 18.5 Å². The molecule has 9 heteroatoms. The van der Waals surface area contributed by atoms with Gasteiger partial charge in [0.2, 0.25) is 5.91 Å². The summed E-state index contributed by atoms with van der Waals surface area (Å²) in [4.78, 5) is 22.7. The molecular formula is C26H26FN5O3. The minimum atomic E-state index is -0.484. The summed E-state index contributed by atoms with van der Waals surface area (Å²) in [5, 5.41) is 4.53. The first-order valence-corrected chi connectivity index (χ1v) is 11.9. The molecule has 6 rings (SSSR count). The standard InChI is InChI=1S/C26H26FN5O3/c1-17-24(26(33)31-12-10-30(11-13-31)20-5-3-19(27)4-6-20)25(32-23(29-17)8-9-28-32)18-2-7-21-22(16-18)35-15-14-34-21/h2-9,16,24-25H,10-15H2,1H3. The van der Waals surface area contributed by atoms with Crippen molar-refractivity contribution in [1.82, 2.24) is 14.7 Å². The number of anilines is 1. The van der Waals surface area contributed by atoms with E-state index in [0.717, 1.165) is 22.8 Å². The molecule has 0 N–H and O–H groups in total. The first-order chi connectivity index (χ1) is 17.1. The molecule has 1 fully saturated rings. The first kappa shape index (κ1) is 21.6. The van der Waals surface area contributed by atoms with Gasteiger partial charge in [0.05, 0.1) is 12.2 Å². The molecule has 4 heterocycles. The zero-order chi connectivity index (χ0) is 23.9. The van der Waals surface area contributed by atoms with Gasteiger partial charge >= 0.3 is 0 Å². The maximum absolute atomic E-state index is 13.9. The van der Waals surface area contributed by atoms with Crippen molar-refractivity contribution in [3.05, 3.63) is 66.1 Å². The molecule has 0 spiro atoms. The molecule has 1 aromatic heterocycles. The van der Waals surface area contributed by atoms with E-state index in [4.69, 9.17) is 14.5 Å². The zero-order valence-corrected chi connectivity index (χ0v) is 19.4. The molecule has 2 aromatic carbocycles. The molecule has 180 valence electrons. The number of aliphatic imine (C=N–C) groups is 1. The van der Waals surface area contributed by atoms with Crippen LogP contribution in [-0.4, -0.2) is 65.7 Å². The Balaban J connectivity index is 1.27. The molecule has 3 aliphatic heterocycles. The Kier molecular flexibility index (Phi) is 5.39. The molecule has 2 unspecified atom stereocenters. The van der Waals surface area contributed by atoms with E-state index in [9.17, 15) is 9.18 Å². The van der Waals surface area contributed by atoms with Crippen molar-refractivity contribution < 1.29 is 18.7 Å². The van der Waals surface area contributed by atoms with Crippen LogP contribution in [0, 0.1) is 11.7 Å². The average molecular weight is 476 g/mol. The van der Waals surface area contributed by atoms with Crippen molar-refractivity contribution in [2.75, 3.05) is 44.3 Å². The van der Waals surface area contributed by atoms with Gasteiger partial charge in [0.15, 0.2) is 17.3 Å². The predicted molar refractivity (Wildman–Crippen MR) is 129 cm³/mol. The van der Waals surface area contributed by atoms with Crippen LogP contribution in [0.3, 0.4) is 0 Å². The van der Waals surface area contributed by atoms with E-state index in [1.54, 1.807) is 18.3 Å². The van der Waals surface area contributed by atoms with Gasteiger partial charge in [-0.05, 0) is 48.9 Å². The lowest BCUT2D eigenvalue weighted by Gasteiger charge is -2.40. The SMILES string of the molecule is CC1=Nc2ccnn2C(c2ccc3c(c2)OCCO3)C1C(=O)N1CCN(c2ccc(F)cc2)CC1. The number of fused-ring (bicyclic) bond motifs is 2. The van der Waals surface area contributed by atoms with Crippen LogP contribution in [0.4, 0.5) is 15.9 Å². The van der Waals surface area contributed by atoms with Crippen molar-refractivity contribution in [2.24, 2.45) is 10.9 Å². The number of ether oxygens (including phenoxy) is 2. The molecule has 0 aliphatic carbocycles. The number of amides is 1. The Morgan fingerprint density at radius 3 is 2.49 bits per heavy atom. The van der Waals surface area contributed by atoms with E-state index in [-0.39, 0.29) is 17.8 Å². The number of carbonyl (C=O) groups excluding carboxylic acids is 1. The van der Waals surface area contributed by atoms with Crippen molar-refractivity contribution in [2.45, 2.75) is 13.0 Å². The summed E-state index contributed by atoms with van der Waals surface area (Å²) in [5.74, 6) is 1.42. The van der Waals surface area contributed by atoms with E-state index < -0.39 is 5.92 Å². The molecule has 8 nitrogen and oxygen atoms in total. The summed E-state index contributed by atoms with van der Waals surface area (Å²) in [5.41, 5.74) is 2.66. The van der Waals surface area contributed by atoms with E-state index in [2.05, 4.69) is 10.00 Å². The van der Waals surface area contributed by atoms with Gasteiger partial charge in [-0.2, -0.15) is 5.10 Å². The third-order valence-electron chi connectivity index (χ3n) is 6.93. The summed E-state index contributed by atoms with van der Waals surface area (Å²) in [6, 6.07) is 13.8. The minimum absolute atomic E-state index is 0.0334. The van der Waals surface area contributed by atoms with Gasteiger partial charge in [-0.3, -0.25) is 4.79 Å². The van der Waals surface area contributed by atoms with Crippen LogP contribution in [0.25, 0.3) is 0 Å². The summed E-state index contributed by atoms with van der Waals surface area (Å²) in [7, 11) is 0. The second kappa shape index (κ2) is 8.72. The number of rotatable bonds is 3. The molecule has 1 amide bonds. The Morgan fingerprint density at radius 1 is 0.971 bits per heavy atom. The van der Waals surface area contributed by atoms with Gasteiger partial charge in [-0.1, -0.05) is 6.07 Å².